The topological polar surface area (TPSA) is 44.1 Å². The minimum absolute atomic E-state index is 0.0301. The highest BCUT2D eigenvalue weighted by molar-refractivity contribution is 6.42. The molecule has 3 nitrogen and oxygen atoms in total. The van der Waals surface area contributed by atoms with Crippen LogP contribution in [-0.4, -0.2) is 23.4 Å². The van der Waals surface area contributed by atoms with E-state index in [1.807, 2.05) is 6.07 Å². The van der Waals surface area contributed by atoms with Crippen LogP contribution < -0.4 is 0 Å². The highest BCUT2D eigenvalue weighted by Crippen LogP contribution is 2.28. The van der Waals surface area contributed by atoms with E-state index in [9.17, 15) is 4.79 Å². The van der Waals surface area contributed by atoms with Crippen LogP contribution in [0.15, 0.2) is 18.2 Å². The van der Waals surface area contributed by atoms with E-state index in [0.717, 1.165) is 18.4 Å². The quantitative estimate of drug-likeness (QED) is 0.797. The molecule has 0 N–H and O–H groups in total. The molecule has 0 saturated heterocycles. The second-order valence-corrected chi connectivity index (χ2v) is 5.15. The highest BCUT2D eigenvalue weighted by Gasteiger charge is 2.32. The first-order valence-corrected chi connectivity index (χ1v) is 6.47. The zero-order chi connectivity index (χ0) is 13.1. The number of carbonyl (C=O) groups is 1. The predicted octanol–water partition coefficient (Wildman–Crippen LogP) is 3.05. The van der Waals surface area contributed by atoms with Crippen LogP contribution in [0.5, 0.6) is 0 Å². The van der Waals surface area contributed by atoms with Crippen LogP contribution in [0.2, 0.25) is 10.0 Å². The molecule has 1 fully saturated rings. The van der Waals surface area contributed by atoms with E-state index in [1.54, 1.807) is 23.1 Å². The van der Waals surface area contributed by atoms with E-state index >= 15 is 0 Å². The molecule has 1 amide bonds. The number of nitrogens with zero attached hydrogens (tertiary/aromatic N) is 2. The lowest BCUT2D eigenvalue weighted by Gasteiger charge is -2.18. The average Bonchev–Trinajstić information content (AvgIpc) is 3.15. The Labute approximate surface area is 116 Å². The molecule has 0 unspecified atom stereocenters. The number of amides is 1. The lowest BCUT2D eigenvalue weighted by atomic mass is 10.1. The third-order valence-electron chi connectivity index (χ3n) is 2.89. The molecule has 5 heteroatoms. The Kier molecular flexibility index (Phi) is 4.11. The van der Waals surface area contributed by atoms with Crippen molar-refractivity contribution in [1.29, 1.82) is 5.26 Å². The summed E-state index contributed by atoms with van der Waals surface area (Å²) in [7, 11) is 0. The average molecular weight is 283 g/mol. The number of benzene rings is 1. The number of halogens is 2. The molecule has 1 saturated carbocycles. The van der Waals surface area contributed by atoms with Crippen molar-refractivity contribution in [2.24, 2.45) is 0 Å². The van der Waals surface area contributed by atoms with Crippen LogP contribution >= 0.6 is 23.2 Å². The van der Waals surface area contributed by atoms with E-state index in [2.05, 4.69) is 0 Å². The highest BCUT2D eigenvalue weighted by atomic mass is 35.5. The van der Waals surface area contributed by atoms with Crippen molar-refractivity contribution in [3.8, 4) is 6.07 Å². The van der Waals surface area contributed by atoms with Crippen LogP contribution in [0.3, 0.4) is 0 Å². The summed E-state index contributed by atoms with van der Waals surface area (Å²) in [6, 6.07) is 7.44. The summed E-state index contributed by atoms with van der Waals surface area (Å²) in [5.74, 6) is -0.0301. The molecule has 0 heterocycles. The summed E-state index contributed by atoms with van der Waals surface area (Å²) in [6.45, 7) is 0.158. The molecule has 18 heavy (non-hydrogen) atoms. The summed E-state index contributed by atoms with van der Waals surface area (Å²) in [5, 5.41) is 9.65. The van der Waals surface area contributed by atoms with Crippen molar-refractivity contribution in [3.63, 3.8) is 0 Å². The van der Waals surface area contributed by atoms with Crippen LogP contribution in [0.25, 0.3) is 0 Å². The molecule has 0 aliphatic heterocycles. The van der Waals surface area contributed by atoms with Crippen molar-refractivity contribution in [1.82, 2.24) is 4.90 Å². The third-order valence-corrected chi connectivity index (χ3v) is 3.63. The third kappa shape index (κ3) is 3.16. The summed E-state index contributed by atoms with van der Waals surface area (Å²) >= 11 is 11.7. The van der Waals surface area contributed by atoms with Gasteiger partial charge in [-0.1, -0.05) is 29.3 Å². The lowest BCUT2D eigenvalue weighted by molar-refractivity contribution is -0.130. The van der Waals surface area contributed by atoms with Crippen LogP contribution in [-0.2, 0) is 11.2 Å². The van der Waals surface area contributed by atoms with E-state index in [0.29, 0.717) is 10.0 Å². The van der Waals surface area contributed by atoms with E-state index < -0.39 is 0 Å². The smallest absolute Gasteiger partial charge is 0.228 e. The second-order valence-electron chi connectivity index (χ2n) is 4.34. The fraction of sp³-hybridized carbons (Fsp3) is 0.385. The first-order chi connectivity index (χ1) is 8.61. The van der Waals surface area contributed by atoms with Crippen LogP contribution in [0.4, 0.5) is 0 Å². The standard InChI is InChI=1S/C13H12Cl2N2O/c14-11-4-1-9(7-12(11)15)8-13(18)17(6-5-16)10-2-3-10/h1,4,7,10H,2-3,6,8H2. The Morgan fingerprint density at radius 2 is 2.11 bits per heavy atom. The van der Waals surface area contributed by atoms with Gasteiger partial charge in [-0.2, -0.15) is 5.26 Å². The zero-order valence-corrected chi connectivity index (χ0v) is 11.2. The number of hydrogen-bond acceptors (Lipinski definition) is 2. The zero-order valence-electron chi connectivity index (χ0n) is 9.70. The molecule has 2 rings (SSSR count). The Hall–Kier alpha value is -1.24. The Morgan fingerprint density at radius 1 is 1.39 bits per heavy atom. The van der Waals surface area contributed by atoms with Gasteiger partial charge in [0.05, 0.1) is 22.5 Å². The molecule has 0 aromatic heterocycles. The van der Waals surface area contributed by atoms with E-state index in [1.165, 1.54) is 0 Å². The monoisotopic (exact) mass is 282 g/mol. The molecule has 94 valence electrons. The van der Waals surface area contributed by atoms with E-state index in [-0.39, 0.29) is 24.9 Å². The van der Waals surface area contributed by atoms with E-state index in [4.69, 9.17) is 28.5 Å². The minimum atomic E-state index is -0.0301. The van der Waals surface area contributed by atoms with Gasteiger partial charge in [-0.25, -0.2) is 0 Å². The van der Waals surface area contributed by atoms with Crippen molar-refractivity contribution in [2.45, 2.75) is 25.3 Å². The predicted molar refractivity (Wildman–Crippen MR) is 70.5 cm³/mol. The Morgan fingerprint density at radius 3 is 2.67 bits per heavy atom. The van der Waals surface area contributed by atoms with Gasteiger partial charge in [-0.3, -0.25) is 4.79 Å². The minimum Gasteiger partial charge on any atom is -0.326 e. The molecule has 0 spiro atoms. The van der Waals surface area contributed by atoms with Crippen molar-refractivity contribution in [3.05, 3.63) is 33.8 Å². The van der Waals surface area contributed by atoms with Gasteiger partial charge in [-0.05, 0) is 30.5 Å². The van der Waals surface area contributed by atoms with Crippen LogP contribution in [0, 0.1) is 11.3 Å². The van der Waals surface area contributed by atoms with Gasteiger partial charge in [0, 0.05) is 6.04 Å². The van der Waals surface area contributed by atoms with Gasteiger partial charge in [0.25, 0.3) is 0 Å². The first-order valence-electron chi connectivity index (χ1n) is 5.72. The summed E-state index contributed by atoms with van der Waals surface area (Å²) in [6.07, 6.45) is 2.25. The normalized spacial score (nSPS) is 14.1. The van der Waals surface area contributed by atoms with Gasteiger partial charge in [0.2, 0.25) is 5.91 Å². The Bertz CT molecular complexity index is 506. The lowest BCUT2D eigenvalue weighted by Crippen LogP contribution is -2.34. The maximum atomic E-state index is 12.1. The Balaban J connectivity index is 2.05. The molecule has 0 radical (unpaired) electrons. The molecule has 1 aliphatic carbocycles. The largest absolute Gasteiger partial charge is 0.326 e. The van der Waals surface area contributed by atoms with Gasteiger partial charge >= 0.3 is 0 Å². The SMILES string of the molecule is N#CCN(C(=O)Cc1ccc(Cl)c(Cl)c1)C1CC1. The molecule has 1 aromatic carbocycles. The summed E-state index contributed by atoms with van der Waals surface area (Å²) in [4.78, 5) is 13.7. The number of carbonyl (C=O) groups excluding carboxylic acids is 1. The van der Waals surface area contributed by atoms with Crippen molar-refractivity contribution < 1.29 is 4.79 Å². The number of nitriles is 1. The number of rotatable bonds is 4. The van der Waals surface area contributed by atoms with Gasteiger partial charge in [0.15, 0.2) is 0 Å². The fourth-order valence-corrected chi connectivity index (χ4v) is 2.13. The molecular formula is C13H12Cl2N2O. The maximum absolute atomic E-state index is 12.1. The molecule has 1 aliphatic rings. The van der Waals surface area contributed by atoms with Gasteiger partial charge < -0.3 is 4.90 Å². The number of hydrogen-bond donors (Lipinski definition) is 0. The van der Waals surface area contributed by atoms with Gasteiger partial charge in [0.1, 0.15) is 6.54 Å². The van der Waals surface area contributed by atoms with Gasteiger partial charge in [-0.15, -0.1) is 0 Å². The van der Waals surface area contributed by atoms with Crippen LogP contribution in [0.1, 0.15) is 18.4 Å². The molecule has 0 atom stereocenters. The fourth-order valence-electron chi connectivity index (χ4n) is 1.81. The second kappa shape index (κ2) is 5.60. The first kappa shape index (κ1) is 13.2. The maximum Gasteiger partial charge on any atom is 0.228 e. The molecule has 0 bridgehead atoms. The van der Waals surface area contributed by atoms with Crippen molar-refractivity contribution >= 4 is 29.1 Å². The molecular weight excluding hydrogens is 271 g/mol. The summed E-state index contributed by atoms with van der Waals surface area (Å²) in [5.41, 5.74) is 0.818. The van der Waals surface area contributed by atoms with Crippen molar-refractivity contribution in [2.75, 3.05) is 6.54 Å². The molecule has 1 aromatic rings. The summed E-state index contributed by atoms with van der Waals surface area (Å²) < 4.78 is 0.